The molecule has 0 bridgehead atoms. The van der Waals surface area contributed by atoms with E-state index in [-0.39, 0.29) is 11.4 Å². The lowest BCUT2D eigenvalue weighted by molar-refractivity contribution is 0.179. The highest BCUT2D eigenvalue weighted by Crippen LogP contribution is 2.27. The van der Waals surface area contributed by atoms with E-state index in [4.69, 9.17) is 17.3 Å². The number of nitrogen functional groups attached to an aromatic ring is 1. The maximum Gasteiger partial charge on any atom is 0.142 e. The summed E-state index contributed by atoms with van der Waals surface area (Å²) in [6, 6.07) is 9.75. The maximum absolute atomic E-state index is 13.3. The molecule has 2 rings (SSSR count). The van der Waals surface area contributed by atoms with Crippen LogP contribution in [-0.2, 0) is 6.42 Å². The first-order chi connectivity index (χ1) is 8.97. The molecule has 0 radical (unpaired) electrons. The predicted octanol–water partition coefficient (Wildman–Crippen LogP) is 4.10. The van der Waals surface area contributed by atoms with E-state index in [1.807, 2.05) is 0 Å². The van der Waals surface area contributed by atoms with Gasteiger partial charge >= 0.3 is 0 Å². The quantitative estimate of drug-likeness (QED) is 0.824. The van der Waals surface area contributed by atoms with Crippen LogP contribution in [0.15, 0.2) is 40.9 Å². The lowest BCUT2D eigenvalue weighted by Gasteiger charge is -2.14. The van der Waals surface area contributed by atoms with E-state index in [2.05, 4.69) is 15.9 Å². The topological polar surface area (TPSA) is 46.2 Å². The Morgan fingerprint density at radius 3 is 2.68 bits per heavy atom. The standard InChI is InChI=1S/C14H12BrClFNO/c15-9-2-4-13(18)10(7-9)14(19)6-8-1-3-11(16)12(17)5-8/h1-5,7,14,19H,6,18H2. The van der Waals surface area contributed by atoms with Gasteiger partial charge in [-0.25, -0.2) is 4.39 Å². The highest BCUT2D eigenvalue weighted by molar-refractivity contribution is 9.10. The number of nitrogens with two attached hydrogens (primary N) is 1. The minimum atomic E-state index is -0.793. The molecule has 0 aliphatic heterocycles. The SMILES string of the molecule is Nc1ccc(Br)cc1C(O)Cc1ccc(Cl)c(F)c1. The summed E-state index contributed by atoms with van der Waals surface area (Å²) in [6.07, 6.45) is -0.521. The molecule has 0 spiro atoms. The Balaban J connectivity index is 2.22. The first kappa shape index (κ1) is 14.3. The van der Waals surface area contributed by atoms with E-state index in [1.54, 1.807) is 24.3 Å². The molecule has 2 aromatic carbocycles. The van der Waals surface area contributed by atoms with E-state index in [1.165, 1.54) is 12.1 Å². The third kappa shape index (κ3) is 3.47. The highest BCUT2D eigenvalue weighted by Gasteiger charge is 2.13. The van der Waals surface area contributed by atoms with Crippen LogP contribution in [-0.4, -0.2) is 5.11 Å². The summed E-state index contributed by atoms with van der Waals surface area (Å²) in [4.78, 5) is 0. The molecule has 5 heteroatoms. The molecule has 0 saturated heterocycles. The fraction of sp³-hybridized carbons (Fsp3) is 0.143. The van der Waals surface area contributed by atoms with Crippen LogP contribution in [0.1, 0.15) is 17.2 Å². The zero-order valence-corrected chi connectivity index (χ0v) is 12.2. The highest BCUT2D eigenvalue weighted by atomic mass is 79.9. The molecular formula is C14H12BrClFNO. The number of rotatable bonds is 3. The number of benzene rings is 2. The van der Waals surface area contributed by atoms with Crippen molar-refractivity contribution in [2.75, 3.05) is 5.73 Å². The molecule has 0 saturated carbocycles. The Labute approximate surface area is 124 Å². The lowest BCUT2D eigenvalue weighted by Crippen LogP contribution is -2.05. The van der Waals surface area contributed by atoms with Gasteiger partial charge < -0.3 is 10.8 Å². The summed E-state index contributed by atoms with van der Waals surface area (Å²) >= 11 is 8.94. The number of hydrogen-bond acceptors (Lipinski definition) is 2. The summed E-state index contributed by atoms with van der Waals surface area (Å²) in [6.45, 7) is 0. The third-order valence-corrected chi connectivity index (χ3v) is 3.62. The predicted molar refractivity (Wildman–Crippen MR) is 78.6 cm³/mol. The molecule has 0 fully saturated rings. The van der Waals surface area contributed by atoms with E-state index in [0.717, 1.165) is 4.47 Å². The van der Waals surface area contributed by atoms with Crippen molar-refractivity contribution in [3.8, 4) is 0 Å². The fourth-order valence-electron chi connectivity index (χ4n) is 1.83. The van der Waals surface area contributed by atoms with Crippen LogP contribution in [0.25, 0.3) is 0 Å². The van der Waals surface area contributed by atoms with Gasteiger partial charge in [-0.15, -0.1) is 0 Å². The van der Waals surface area contributed by atoms with Crippen molar-refractivity contribution in [2.24, 2.45) is 0 Å². The molecule has 0 aliphatic rings. The van der Waals surface area contributed by atoms with Crippen molar-refractivity contribution in [3.05, 3.63) is 62.8 Å². The van der Waals surface area contributed by atoms with Gasteiger partial charge in [0.1, 0.15) is 5.82 Å². The van der Waals surface area contributed by atoms with Crippen LogP contribution >= 0.6 is 27.5 Å². The van der Waals surface area contributed by atoms with Gasteiger partial charge in [0.25, 0.3) is 0 Å². The van der Waals surface area contributed by atoms with Crippen LogP contribution in [0.3, 0.4) is 0 Å². The minimum absolute atomic E-state index is 0.0696. The van der Waals surface area contributed by atoms with Crippen molar-refractivity contribution >= 4 is 33.2 Å². The summed E-state index contributed by atoms with van der Waals surface area (Å²) in [5, 5.41) is 10.3. The second kappa shape index (κ2) is 5.90. The number of aliphatic hydroxyl groups excluding tert-OH is 1. The number of aliphatic hydroxyl groups is 1. The van der Waals surface area contributed by atoms with Crippen molar-refractivity contribution < 1.29 is 9.50 Å². The molecule has 2 aromatic rings. The monoisotopic (exact) mass is 343 g/mol. The van der Waals surface area contributed by atoms with E-state index >= 15 is 0 Å². The Hall–Kier alpha value is -1.10. The van der Waals surface area contributed by atoms with Crippen molar-refractivity contribution in [2.45, 2.75) is 12.5 Å². The number of anilines is 1. The van der Waals surface area contributed by atoms with Crippen LogP contribution in [0, 0.1) is 5.82 Å². The van der Waals surface area contributed by atoms with Crippen LogP contribution < -0.4 is 5.73 Å². The van der Waals surface area contributed by atoms with Gasteiger partial charge in [0.15, 0.2) is 0 Å². The second-order valence-corrected chi connectivity index (χ2v) is 5.56. The molecule has 2 nitrogen and oxygen atoms in total. The minimum Gasteiger partial charge on any atom is -0.398 e. The first-order valence-corrected chi connectivity index (χ1v) is 6.81. The zero-order valence-electron chi connectivity index (χ0n) is 9.91. The fourth-order valence-corrected chi connectivity index (χ4v) is 2.33. The molecular weight excluding hydrogens is 333 g/mol. The summed E-state index contributed by atoms with van der Waals surface area (Å²) in [5.74, 6) is -0.492. The van der Waals surface area contributed by atoms with Crippen molar-refractivity contribution in [3.63, 3.8) is 0 Å². The normalized spacial score (nSPS) is 12.4. The third-order valence-electron chi connectivity index (χ3n) is 2.82. The van der Waals surface area contributed by atoms with Crippen molar-refractivity contribution in [1.29, 1.82) is 0 Å². The second-order valence-electron chi connectivity index (χ2n) is 4.24. The molecule has 3 N–H and O–H groups in total. The van der Waals surface area contributed by atoms with Gasteiger partial charge in [-0.3, -0.25) is 0 Å². The van der Waals surface area contributed by atoms with Gasteiger partial charge in [-0.2, -0.15) is 0 Å². The van der Waals surface area contributed by atoms with Gasteiger partial charge in [0.05, 0.1) is 11.1 Å². The Kier molecular flexibility index (Phi) is 4.45. The first-order valence-electron chi connectivity index (χ1n) is 5.64. The van der Waals surface area contributed by atoms with Crippen LogP contribution in [0.4, 0.5) is 10.1 Å². The lowest BCUT2D eigenvalue weighted by atomic mass is 10.00. The summed E-state index contributed by atoms with van der Waals surface area (Å²) in [7, 11) is 0. The number of hydrogen-bond donors (Lipinski definition) is 2. The summed E-state index contributed by atoms with van der Waals surface area (Å²) in [5.41, 5.74) is 7.60. The van der Waals surface area contributed by atoms with Gasteiger partial charge in [-0.1, -0.05) is 33.6 Å². The smallest absolute Gasteiger partial charge is 0.142 e. The van der Waals surface area contributed by atoms with Crippen LogP contribution in [0.5, 0.6) is 0 Å². The molecule has 1 unspecified atom stereocenters. The van der Waals surface area contributed by atoms with E-state index in [9.17, 15) is 9.50 Å². The molecule has 100 valence electrons. The average Bonchev–Trinajstić information content (AvgIpc) is 2.36. The molecule has 0 amide bonds. The van der Waals surface area contributed by atoms with Crippen molar-refractivity contribution in [1.82, 2.24) is 0 Å². The van der Waals surface area contributed by atoms with Gasteiger partial charge in [0.2, 0.25) is 0 Å². The molecule has 0 aliphatic carbocycles. The average molecular weight is 345 g/mol. The molecule has 0 aromatic heterocycles. The molecule has 0 heterocycles. The van der Waals surface area contributed by atoms with E-state index in [0.29, 0.717) is 16.8 Å². The van der Waals surface area contributed by atoms with Gasteiger partial charge in [-0.05, 0) is 35.9 Å². The molecule has 1 atom stereocenters. The van der Waals surface area contributed by atoms with E-state index < -0.39 is 11.9 Å². The Bertz CT molecular complexity index is 606. The largest absolute Gasteiger partial charge is 0.398 e. The Morgan fingerprint density at radius 2 is 2.00 bits per heavy atom. The summed E-state index contributed by atoms with van der Waals surface area (Å²) < 4.78 is 14.2. The maximum atomic E-state index is 13.3. The zero-order chi connectivity index (χ0) is 14.0. The van der Waals surface area contributed by atoms with Crippen LogP contribution in [0.2, 0.25) is 5.02 Å². The van der Waals surface area contributed by atoms with Gasteiger partial charge in [0, 0.05) is 22.1 Å². The Morgan fingerprint density at radius 1 is 1.26 bits per heavy atom. The molecule has 19 heavy (non-hydrogen) atoms. The number of halogens is 3.